The van der Waals surface area contributed by atoms with E-state index in [2.05, 4.69) is 15.2 Å². The number of hydrogen-bond donors (Lipinski definition) is 0. The van der Waals surface area contributed by atoms with Crippen molar-refractivity contribution in [2.24, 2.45) is 5.92 Å². The van der Waals surface area contributed by atoms with Crippen LogP contribution in [0.5, 0.6) is 0 Å². The molecule has 1 fully saturated rings. The smallest absolute Gasteiger partial charge is 0.282 e. The number of aromatic nitrogens is 4. The van der Waals surface area contributed by atoms with Crippen molar-refractivity contribution in [1.29, 1.82) is 0 Å². The molecule has 0 aliphatic heterocycles. The van der Waals surface area contributed by atoms with Crippen molar-refractivity contribution in [3.63, 3.8) is 0 Å². The Hall–Kier alpha value is -1.37. The molecule has 3 rings (SSSR count). The molecule has 1 aliphatic rings. The molecular formula is C12H12ClF3N4. The maximum Gasteiger partial charge on any atom is 0.392 e. The molecule has 0 amide bonds. The Morgan fingerprint density at radius 2 is 1.95 bits per heavy atom. The van der Waals surface area contributed by atoms with Crippen LogP contribution in [0.25, 0.3) is 5.65 Å². The maximum absolute atomic E-state index is 13.2. The quantitative estimate of drug-likeness (QED) is 0.808. The lowest BCUT2D eigenvalue weighted by Gasteiger charge is -2.31. The van der Waals surface area contributed by atoms with Gasteiger partial charge in [-0.25, -0.2) is 4.98 Å². The number of nitrogens with zero attached hydrogens (tertiary/aromatic N) is 4. The van der Waals surface area contributed by atoms with Crippen LogP contribution in [0.4, 0.5) is 13.2 Å². The van der Waals surface area contributed by atoms with E-state index in [9.17, 15) is 13.2 Å². The highest BCUT2D eigenvalue weighted by atomic mass is 35.5. The van der Waals surface area contributed by atoms with E-state index in [1.54, 1.807) is 6.20 Å². The van der Waals surface area contributed by atoms with E-state index >= 15 is 0 Å². The average Bonchev–Trinajstić information content (AvgIpc) is 2.83. The van der Waals surface area contributed by atoms with Crippen LogP contribution in [0.15, 0.2) is 12.4 Å². The van der Waals surface area contributed by atoms with Gasteiger partial charge in [0.25, 0.3) is 0 Å². The molecule has 4 nitrogen and oxygen atoms in total. The van der Waals surface area contributed by atoms with E-state index in [0.717, 1.165) is 6.42 Å². The number of rotatable bonds is 1. The number of alkyl halides is 3. The van der Waals surface area contributed by atoms with Crippen molar-refractivity contribution in [2.45, 2.75) is 37.8 Å². The predicted octanol–water partition coefficient (Wildman–Crippen LogP) is 3.61. The molecule has 8 heteroatoms. The molecule has 2 atom stereocenters. The highest BCUT2D eigenvalue weighted by Gasteiger charge is 2.47. The Bertz CT molecular complexity index is 625. The van der Waals surface area contributed by atoms with Gasteiger partial charge in [0.05, 0.1) is 5.92 Å². The molecule has 2 heterocycles. The fourth-order valence-corrected chi connectivity index (χ4v) is 3.08. The van der Waals surface area contributed by atoms with Crippen molar-refractivity contribution in [3.05, 3.63) is 23.4 Å². The molecule has 2 aromatic heterocycles. The van der Waals surface area contributed by atoms with Crippen LogP contribution in [0.1, 0.15) is 37.4 Å². The zero-order valence-electron chi connectivity index (χ0n) is 10.4. The zero-order chi connectivity index (χ0) is 14.3. The first-order valence-corrected chi connectivity index (χ1v) is 6.78. The summed E-state index contributed by atoms with van der Waals surface area (Å²) in [4.78, 5) is 3.85. The Morgan fingerprint density at radius 3 is 2.70 bits per heavy atom. The van der Waals surface area contributed by atoms with Crippen molar-refractivity contribution in [3.8, 4) is 0 Å². The summed E-state index contributed by atoms with van der Waals surface area (Å²) in [5, 5.41) is 7.94. The summed E-state index contributed by atoms with van der Waals surface area (Å²) in [6, 6.07) is 0. The third-order valence-corrected chi connectivity index (χ3v) is 4.09. The van der Waals surface area contributed by atoms with E-state index in [0.29, 0.717) is 24.3 Å². The summed E-state index contributed by atoms with van der Waals surface area (Å²) in [6.45, 7) is 0. The van der Waals surface area contributed by atoms with Gasteiger partial charge in [-0.3, -0.25) is 4.40 Å². The minimum Gasteiger partial charge on any atom is -0.282 e. The number of fused-ring (bicyclic) bond motifs is 1. The largest absolute Gasteiger partial charge is 0.392 e. The molecular weight excluding hydrogens is 293 g/mol. The molecule has 0 aromatic carbocycles. The second kappa shape index (κ2) is 4.87. The lowest BCUT2D eigenvalue weighted by molar-refractivity contribution is -0.187. The van der Waals surface area contributed by atoms with Crippen LogP contribution in [0.2, 0.25) is 5.15 Å². The molecule has 0 N–H and O–H groups in total. The predicted molar refractivity (Wildman–Crippen MR) is 66.5 cm³/mol. The Kier molecular flexibility index (Phi) is 3.32. The van der Waals surface area contributed by atoms with Crippen molar-refractivity contribution in [1.82, 2.24) is 19.6 Å². The summed E-state index contributed by atoms with van der Waals surface area (Å²) >= 11 is 5.88. The van der Waals surface area contributed by atoms with Gasteiger partial charge in [0.1, 0.15) is 5.82 Å². The molecule has 2 unspecified atom stereocenters. The standard InChI is InChI=1S/C12H12ClF3N4/c13-9-11-19-18-10(20(11)6-5-17-9)7-3-1-2-4-8(7)12(14,15)16/h5-8H,1-4H2. The maximum atomic E-state index is 13.2. The van der Waals surface area contributed by atoms with E-state index in [1.807, 2.05) is 0 Å². The van der Waals surface area contributed by atoms with E-state index in [4.69, 9.17) is 11.6 Å². The second-order valence-corrected chi connectivity index (χ2v) is 5.37. The Morgan fingerprint density at radius 1 is 1.20 bits per heavy atom. The summed E-state index contributed by atoms with van der Waals surface area (Å²) in [6.07, 6.45) is 0.747. The lowest BCUT2D eigenvalue weighted by Crippen LogP contribution is -2.32. The van der Waals surface area contributed by atoms with Gasteiger partial charge in [0.2, 0.25) is 0 Å². The zero-order valence-corrected chi connectivity index (χ0v) is 11.2. The third kappa shape index (κ3) is 2.24. The highest BCUT2D eigenvalue weighted by Crippen LogP contribution is 2.45. The molecule has 1 aliphatic carbocycles. The Labute approximate surface area is 118 Å². The highest BCUT2D eigenvalue weighted by molar-refractivity contribution is 6.32. The van der Waals surface area contributed by atoms with Gasteiger partial charge in [0, 0.05) is 18.3 Å². The van der Waals surface area contributed by atoms with Crippen LogP contribution in [0, 0.1) is 5.92 Å². The number of hydrogen-bond acceptors (Lipinski definition) is 3. The summed E-state index contributed by atoms with van der Waals surface area (Å²) in [5.41, 5.74) is 0.302. The van der Waals surface area contributed by atoms with Crippen molar-refractivity contribution < 1.29 is 13.2 Å². The first-order chi connectivity index (χ1) is 9.48. The minimum absolute atomic E-state index is 0.141. The van der Waals surface area contributed by atoms with Crippen LogP contribution in [-0.4, -0.2) is 25.8 Å². The SMILES string of the molecule is FC(F)(F)C1CCCCC1c1nnc2c(Cl)nccn12. The topological polar surface area (TPSA) is 43.1 Å². The fourth-order valence-electron chi connectivity index (χ4n) is 2.90. The first-order valence-electron chi connectivity index (χ1n) is 6.40. The number of halogens is 4. The summed E-state index contributed by atoms with van der Waals surface area (Å²) < 4.78 is 41.0. The van der Waals surface area contributed by atoms with Gasteiger partial charge in [-0.15, -0.1) is 10.2 Å². The van der Waals surface area contributed by atoms with E-state index < -0.39 is 18.0 Å². The van der Waals surface area contributed by atoms with Gasteiger partial charge in [-0.2, -0.15) is 13.2 Å². The lowest BCUT2D eigenvalue weighted by atomic mass is 9.78. The molecule has 0 radical (unpaired) electrons. The van der Waals surface area contributed by atoms with Crippen LogP contribution in [0.3, 0.4) is 0 Å². The van der Waals surface area contributed by atoms with E-state index in [1.165, 1.54) is 10.6 Å². The van der Waals surface area contributed by atoms with Crippen LogP contribution < -0.4 is 0 Å². The molecule has 20 heavy (non-hydrogen) atoms. The molecule has 0 bridgehead atoms. The molecule has 0 spiro atoms. The molecule has 108 valence electrons. The monoisotopic (exact) mass is 304 g/mol. The third-order valence-electron chi connectivity index (χ3n) is 3.83. The first kappa shape index (κ1) is 13.6. The normalized spacial score (nSPS) is 24.2. The molecule has 2 aromatic rings. The van der Waals surface area contributed by atoms with Crippen molar-refractivity contribution in [2.75, 3.05) is 0 Å². The van der Waals surface area contributed by atoms with Crippen molar-refractivity contribution >= 4 is 17.2 Å². The van der Waals surface area contributed by atoms with Gasteiger partial charge in [-0.05, 0) is 12.8 Å². The van der Waals surface area contributed by atoms with Gasteiger partial charge in [-0.1, -0.05) is 24.4 Å². The van der Waals surface area contributed by atoms with Gasteiger partial charge < -0.3 is 0 Å². The summed E-state index contributed by atoms with van der Waals surface area (Å²) in [7, 11) is 0. The second-order valence-electron chi connectivity index (χ2n) is 5.01. The van der Waals surface area contributed by atoms with Crippen LogP contribution in [-0.2, 0) is 0 Å². The van der Waals surface area contributed by atoms with E-state index in [-0.39, 0.29) is 11.6 Å². The van der Waals surface area contributed by atoms with Crippen LogP contribution >= 0.6 is 11.6 Å². The average molecular weight is 305 g/mol. The van der Waals surface area contributed by atoms with Gasteiger partial charge in [0.15, 0.2) is 10.8 Å². The molecule has 1 saturated carbocycles. The summed E-state index contributed by atoms with van der Waals surface area (Å²) in [5.74, 6) is -1.71. The fraction of sp³-hybridized carbons (Fsp3) is 0.583. The minimum atomic E-state index is -4.21. The molecule has 0 saturated heterocycles. The van der Waals surface area contributed by atoms with Gasteiger partial charge >= 0.3 is 6.18 Å². The Balaban J connectivity index is 2.06.